The van der Waals surface area contributed by atoms with Gasteiger partial charge >= 0.3 is 0 Å². The van der Waals surface area contributed by atoms with Gasteiger partial charge in [-0.25, -0.2) is 0 Å². The molecule has 2 rings (SSSR count). The normalized spacial score (nSPS) is 27.5. The summed E-state index contributed by atoms with van der Waals surface area (Å²) in [5, 5.41) is 9.60. The van der Waals surface area contributed by atoms with Gasteiger partial charge in [0.05, 0.1) is 0 Å². The maximum atomic E-state index is 9.60. The molecule has 0 fully saturated rings. The summed E-state index contributed by atoms with van der Waals surface area (Å²) >= 11 is 0. The lowest BCUT2D eigenvalue weighted by Gasteiger charge is -2.30. The maximum absolute atomic E-state index is 9.60. The van der Waals surface area contributed by atoms with E-state index in [0.29, 0.717) is 6.42 Å². The lowest BCUT2D eigenvalue weighted by atomic mass is 10.0. The second-order valence-corrected chi connectivity index (χ2v) is 3.38. The Morgan fingerprint density at radius 2 is 2.17 bits per heavy atom. The van der Waals surface area contributed by atoms with Gasteiger partial charge in [-0.05, 0) is 18.1 Å². The van der Waals surface area contributed by atoms with Gasteiger partial charge in [0.2, 0.25) is 5.79 Å². The maximum Gasteiger partial charge on any atom is 0.205 e. The van der Waals surface area contributed by atoms with E-state index >= 15 is 0 Å². The zero-order valence-corrected chi connectivity index (χ0v) is 7.08. The summed E-state index contributed by atoms with van der Waals surface area (Å²) in [5.74, 6) is -0.164. The minimum absolute atomic E-state index is 0.671. The van der Waals surface area contributed by atoms with Gasteiger partial charge < -0.3 is 9.84 Å². The van der Waals surface area contributed by atoms with E-state index in [-0.39, 0.29) is 0 Å². The molecule has 1 unspecified atom stereocenters. The monoisotopic (exact) mass is 164 g/mol. The highest BCUT2D eigenvalue weighted by atomic mass is 16.6. The third kappa shape index (κ3) is 1.30. The quantitative estimate of drug-likeness (QED) is 0.632. The lowest BCUT2D eigenvalue weighted by molar-refractivity contribution is -0.133. The highest BCUT2D eigenvalue weighted by molar-refractivity contribution is 5.35. The van der Waals surface area contributed by atoms with Crippen LogP contribution in [0.2, 0.25) is 0 Å². The van der Waals surface area contributed by atoms with Gasteiger partial charge in [0.1, 0.15) is 5.75 Å². The number of benzene rings is 1. The van der Waals surface area contributed by atoms with Gasteiger partial charge in [0.15, 0.2) is 0 Å². The molecule has 1 heterocycles. The molecule has 1 atom stereocenters. The van der Waals surface area contributed by atoms with Crippen molar-refractivity contribution in [2.45, 2.75) is 25.6 Å². The molecular weight excluding hydrogens is 152 g/mol. The number of hydrogen-bond donors (Lipinski definition) is 1. The van der Waals surface area contributed by atoms with Crippen LogP contribution in [0.15, 0.2) is 24.3 Å². The van der Waals surface area contributed by atoms with E-state index in [1.807, 2.05) is 24.3 Å². The van der Waals surface area contributed by atoms with E-state index in [4.69, 9.17) is 4.74 Å². The molecule has 0 saturated heterocycles. The first-order chi connectivity index (χ1) is 5.67. The van der Waals surface area contributed by atoms with Gasteiger partial charge in [-0.1, -0.05) is 18.2 Å². The van der Waals surface area contributed by atoms with Gasteiger partial charge in [0.25, 0.3) is 0 Å². The fourth-order valence-corrected chi connectivity index (χ4v) is 1.46. The van der Waals surface area contributed by atoms with Crippen LogP contribution in [-0.4, -0.2) is 10.9 Å². The van der Waals surface area contributed by atoms with Crippen LogP contribution in [0.3, 0.4) is 0 Å². The second kappa shape index (κ2) is 2.49. The highest BCUT2D eigenvalue weighted by Gasteiger charge is 2.27. The molecule has 0 amide bonds. The van der Waals surface area contributed by atoms with Crippen molar-refractivity contribution < 1.29 is 9.84 Å². The molecule has 0 aliphatic carbocycles. The third-order valence-corrected chi connectivity index (χ3v) is 2.16. The zero-order chi connectivity index (χ0) is 8.60. The number of aliphatic hydroxyl groups is 1. The Kier molecular flexibility index (Phi) is 1.58. The first-order valence-corrected chi connectivity index (χ1v) is 4.17. The molecule has 1 aromatic carbocycles. The van der Waals surface area contributed by atoms with E-state index in [9.17, 15) is 5.11 Å². The predicted molar refractivity (Wildman–Crippen MR) is 46.0 cm³/mol. The fraction of sp³-hybridized carbons (Fsp3) is 0.400. The van der Waals surface area contributed by atoms with Crippen molar-refractivity contribution in [2.75, 3.05) is 0 Å². The van der Waals surface area contributed by atoms with E-state index in [2.05, 4.69) is 0 Å². The van der Waals surface area contributed by atoms with Crippen LogP contribution in [0, 0.1) is 0 Å². The molecule has 1 N–H and O–H groups in total. The highest BCUT2D eigenvalue weighted by Crippen LogP contribution is 2.30. The summed E-state index contributed by atoms with van der Waals surface area (Å²) < 4.78 is 5.37. The summed E-state index contributed by atoms with van der Waals surface area (Å²) in [6, 6.07) is 7.83. The number of hydrogen-bond acceptors (Lipinski definition) is 2. The molecule has 0 aromatic heterocycles. The second-order valence-electron chi connectivity index (χ2n) is 3.38. The van der Waals surface area contributed by atoms with E-state index in [0.717, 1.165) is 12.2 Å². The number of rotatable bonds is 0. The molecule has 0 saturated carbocycles. The van der Waals surface area contributed by atoms with Crippen LogP contribution >= 0.6 is 0 Å². The molecule has 1 aromatic rings. The molecule has 12 heavy (non-hydrogen) atoms. The zero-order valence-electron chi connectivity index (χ0n) is 7.08. The van der Waals surface area contributed by atoms with Crippen molar-refractivity contribution in [1.29, 1.82) is 0 Å². The molecule has 1 aliphatic heterocycles. The Labute approximate surface area is 71.8 Å². The largest absolute Gasteiger partial charge is 0.463 e. The Bertz CT molecular complexity index is 292. The lowest BCUT2D eigenvalue weighted by Crippen LogP contribution is -2.35. The van der Waals surface area contributed by atoms with Crippen molar-refractivity contribution >= 4 is 0 Å². The van der Waals surface area contributed by atoms with Crippen LogP contribution < -0.4 is 4.74 Å². The van der Waals surface area contributed by atoms with Crippen LogP contribution in [0.4, 0.5) is 0 Å². The molecular formula is C10H12O2. The smallest absolute Gasteiger partial charge is 0.205 e. The third-order valence-electron chi connectivity index (χ3n) is 2.16. The average Bonchev–Trinajstić information content (AvgIpc) is 2.02. The minimum atomic E-state index is -0.978. The van der Waals surface area contributed by atoms with Crippen molar-refractivity contribution in [3.63, 3.8) is 0 Å². The fourth-order valence-electron chi connectivity index (χ4n) is 1.46. The Balaban J connectivity index is 2.35. The number of aryl methyl sites for hydroxylation is 1. The van der Waals surface area contributed by atoms with E-state index < -0.39 is 5.79 Å². The molecule has 64 valence electrons. The molecule has 2 heteroatoms. The summed E-state index contributed by atoms with van der Waals surface area (Å²) in [6.45, 7) is 1.70. The minimum Gasteiger partial charge on any atom is -0.463 e. The SMILES string of the molecule is CC1(O)CCc2ccccc2O1. The molecule has 0 radical (unpaired) electrons. The summed E-state index contributed by atoms with van der Waals surface area (Å²) in [7, 11) is 0. The average molecular weight is 164 g/mol. The Morgan fingerprint density at radius 1 is 1.42 bits per heavy atom. The standard InChI is InChI=1S/C10H12O2/c1-10(11)7-6-8-4-2-3-5-9(8)12-10/h2-5,11H,6-7H2,1H3. The Morgan fingerprint density at radius 3 is 3.00 bits per heavy atom. The number of fused-ring (bicyclic) bond motifs is 1. The summed E-state index contributed by atoms with van der Waals surface area (Å²) in [4.78, 5) is 0. The molecule has 0 bridgehead atoms. The summed E-state index contributed by atoms with van der Waals surface area (Å²) in [6.07, 6.45) is 1.56. The van der Waals surface area contributed by atoms with E-state index in [1.165, 1.54) is 5.56 Å². The summed E-state index contributed by atoms with van der Waals surface area (Å²) in [5.41, 5.74) is 1.18. The Hall–Kier alpha value is -1.02. The first kappa shape index (κ1) is 7.62. The van der Waals surface area contributed by atoms with Crippen LogP contribution in [0.1, 0.15) is 18.9 Å². The van der Waals surface area contributed by atoms with Crippen LogP contribution in [0.5, 0.6) is 5.75 Å². The molecule has 0 spiro atoms. The van der Waals surface area contributed by atoms with Crippen LogP contribution in [-0.2, 0) is 6.42 Å². The van der Waals surface area contributed by atoms with Gasteiger partial charge in [-0.2, -0.15) is 0 Å². The van der Waals surface area contributed by atoms with E-state index in [1.54, 1.807) is 6.92 Å². The number of para-hydroxylation sites is 1. The van der Waals surface area contributed by atoms with Crippen molar-refractivity contribution in [2.24, 2.45) is 0 Å². The van der Waals surface area contributed by atoms with Crippen molar-refractivity contribution in [3.8, 4) is 5.75 Å². The van der Waals surface area contributed by atoms with Crippen molar-refractivity contribution in [3.05, 3.63) is 29.8 Å². The molecule has 1 aliphatic rings. The van der Waals surface area contributed by atoms with Gasteiger partial charge in [-0.3, -0.25) is 0 Å². The van der Waals surface area contributed by atoms with Gasteiger partial charge in [0, 0.05) is 13.3 Å². The van der Waals surface area contributed by atoms with Crippen LogP contribution in [0.25, 0.3) is 0 Å². The first-order valence-electron chi connectivity index (χ1n) is 4.17. The van der Waals surface area contributed by atoms with Gasteiger partial charge in [-0.15, -0.1) is 0 Å². The number of ether oxygens (including phenoxy) is 1. The topological polar surface area (TPSA) is 29.5 Å². The molecule has 2 nitrogen and oxygen atoms in total. The van der Waals surface area contributed by atoms with Crippen molar-refractivity contribution in [1.82, 2.24) is 0 Å². The predicted octanol–water partition coefficient (Wildman–Crippen LogP) is 1.72.